The van der Waals surface area contributed by atoms with Crippen molar-refractivity contribution < 1.29 is 4.79 Å². The highest BCUT2D eigenvalue weighted by Crippen LogP contribution is 2.25. The number of benzene rings is 1. The van der Waals surface area contributed by atoms with Crippen LogP contribution in [0.4, 0.5) is 5.69 Å². The van der Waals surface area contributed by atoms with Gasteiger partial charge in [0.2, 0.25) is 5.91 Å². The third-order valence-electron chi connectivity index (χ3n) is 3.98. The molecule has 0 aromatic heterocycles. The highest BCUT2D eigenvalue weighted by atomic mass is 79.9. The Morgan fingerprint density at radius 1 is 1.50 bits per heavy atom. The van der Waals surface area contributed by atoms with Crippen molar-refractivity contribution in [1.82, 2.24) is 10.2 Å². The number of carbonyl (C=O) groups excluding carboxylic acids is 1. The lowest BCUT2D eigenvalue weighted by Gasteiger charge is -2.28. The van der Waals surface area contributed by atoms with Gasteiger partial charge in [0, 0.05) is 23.2 Å². The number of nitrogens with one attached hydrogen (secondary N) is 2. The lowest BCUT2D eigenvalue weighted by molar-refractivity contribution is -0.117. The number of carbonyl (C=O) groups is 1. The molecule has 2 rings (SSSR count). The summed E-state index contributed by atoms with van der Waals surface area (Å²) in [7, 11) is 2.01. The minimum atomic E-state index is 0. The second kappa shape index (κ2) is 8.29. The van der Waals surface area contributed by atoms with E-state index in [0.29, 0.717) is 6.54 Å². The summed E-state index contributed by atoms with van der Waals surface area (Å²) in [6.45, 7) is 7.74. The van der Waals surface area contributed by atoms with Crippen LogP contribution in [0.3, 0.4) is 0 Å². The first kappa shape index (κ1) is 19.4. The minimum absolute atomic E-state index is 0. The summed E-state index contributed by atoms with van der Waals surface area (Å²) in [6.07, 6.45) is 1.17. The van der Waals surface area contributed by atoms with E-state index in [1.807, 2.05) is 32.2 Å². The van der Waals surface area contributed by atoms with Crippen molar-refractivity contribution in [2.24, 2.45) is 5.41 Å². The summed E-state index contributed by atoms with van der Waals surface area (Å²) in [5.74, 6) is 0.0393. The van der Waals surface area contributed by atoms with Crippen molar-refractivity contribution in [1.29, 1.82) is 0 Å². The van der Waals surface area contributed by atoms with Crippen LogP contribution in [-0.2, 0) is 4.79 Å². The third-order valence-corrected chi connectivity index (χ3v) is 4.48. The zero-order valence-corrected chi connectivity index (χ0v) is 15.8. The standard InChI is InChI=1S/C16H24BrN3O.ClH/c1-12-8-13(17)4-5-14(12)19-15(21)9-20(3)11-16(2)6-7-18-10-16;/h4-5,8,18H,6-7,9-11H2,1-3H3,(H,19,21);1H. The smallest absolute Gasteiger partial charge is 0.238 e. The number of likely N-dealkylation sites (N-methyl/N-ethyl adjacent to an activating group) is 1. The minimum Gasteiger partial charge on any atom is -0.325 e. The number of anilines is 1. The molecule has 0 spiro atoms. The van der Waals surface area contributed by atoms with Gasteiger partial charge >= 0.3 is 0 Å². The van der Waals surface area contributed by atoms with Crippen LogP contribution in [0.15, 0.2) is 22.7 Å². The number of nitrogens with zero attached hydrogens (tertiary/aromatic N) is 1. The third kappa shape index (κ3) is 5.54. The van der Waals surface area contributed by atoms with Gasteiger partial charge in [-0.2, -0.15) is 0 Å². The highest BCUT2D eigenvalue weighted by molar-refractivity contribution is 9.10. The van der Waals surface area contributed by atoms with Gasteiger partial charge in [-0.3, -0.25) is 9.69 Å². The van der Waals surface area contributed by atoms with Crippen molar-refractivity contribution in [2.45, 2.75) is 20.3 Å². The number of hydrogen-bond donors (Lipinski definition) is 2. The highest BCUT2D eigenvalue weighted by Gasteiger charge is 2.30. The summed E-state index contributed by atoms with van der Waals surface area (Å²) in [4.78, 5) is 14.3. The largest absolute Gasteiger partial charge is 0.325 e. The van der Waals surface area contributed by atoms with Gasteiger partial charge in [0.15, 0.2) is 0 Å². The second-order valence-electron chi connectivity index (χ2n) is 6.42. The van der Waals surface area contributed by atoms with Crippen LogP contribution >= 0.6 is 28.3 Å². The first-order chi connectivity index (χ1) is 9.88. The first-order valence-electron chi connectivity index (χ1n) is 7.33. The normalized spacial score (nSPS) is 20.8. The van der Waals surface area contributed by atoms with E-state index in [1.54, 1.807) is 0 Å². The van der Waals surface area contributed by atoms with Crippen molar-refractivity contribution in [3.8, 4) is 0 Å². The lowest BCUT2D eigenvalue weighted by Crippen LogP contribution is -2.39. The van der Waals surface area contributed by atoms with Crippen molar-refractivity contribution in [2.75, 3.05) is 38.5 Å². The molecule has 6 heteroatoms. The molecular weight excluding hydrogens is 366 g/mol. The average Bonchev–Trinajstić information content (AvgIpc) is 2.78. The quantitative estimate of drug-likeness (QED) is 0.812. The number of hydrogen-bond acceptors (Lipinski definition) is 3. The van der Waals surface area contributed by atoms with E-state index in [0.717, 1.165) is 35.4 Å². The maximum atomic E-state index is 12.2. The molecule has 22 heavy (non-hydrogen) atoms. The lowest BCUT2D eigenvalue weighted by atomic mass is 9.89. The zero-order valence-electron chi connectivity index (χ0n) is 13.4. The maximum Gasteiger partial charge on any atom is 0.238 e. The molecule has 0 radical (unpaired) electrons. The van der Waals surface area contributed by atoms with E-state index < -0.39 is 0 Å². The summed E-state index contributed by atoms with van der Waals surface area (Å²) >= 11 is 3.43. The molecule has 0 aliphatic carbocycles. The van der Waals surface area contributed by atoms with Crippen LogP contribution in [-0.4, -0.2) is 44.0 Å². The fraction of sp³-hybridized carbons (Fsp3) is 0.562. The Labute approximate surface area is 147 Å². The molecule has 1 aromatic carbocycles. The Kier molecular flexibility index (Phi) is 7.32. The summed E-state index contributed by atoms with van der Waals surface area (Å²) in [5, 5.41) is 6.38. The van der Waals surface area contributed by atoms with E-state index in [2.05, 4.69) is 38.4 Å². The predicted molar refractivity (Wildman–Crippen MR) is 97.8 cm³/mol. The van der Waals surface area contributed by atoms with Crippen LogP contribution in [0.5, 0.6) is 0 Å². The Hall–Kier alpha value is -0.620. The SMILES string of the molecule is Cc1cc(Br)ccc1NC(=O)CN(C)CC1(C)CCNC1.Cl. The Balaban J connectivity index is 0.00000242. The summed E-state index contributed by atoms with van der Waals surface area (Å²) in [5.41, 5.74) is 2.22. The summed E-state index contributed by atoms with van der Waals surface area (Å²) in [6, 6.07) is 5.88. The van der Waals surface area contributed by atoms with Gasteiger partial charge in [0.25, 0.3) is 0 Å². The molecule has 0 saturated carbocycles. The van der Waals surface area contributed by atoms with Gasteiger partial charge in [0.1, 0.15) is 0 Å². The van der Waals surface area contributed by atoms with Crippen molar-refractivity contribution in [3.63, 3.8) is 0 Å². The second-order valence-corrected chi connectivity index (χ2v) is 7.33. The fourth-order valence-electron chi connectivity index (χ4n) is 2.91. The molecule has 1 saturated heterocycles. The van der Waals surface area contributed by atoms with Gasteiger partial charge < -0.3 is 10.6 Å². The van der Waals surface area contributed by atoms with Crippen molar-refractivity contribution >= 4 is 39.9 Å². The monoisotopic (exact) mass is 389 g/mol. The predicted octanol–water partition coefficient (Wildman–Crippen LogP) is 3.05. The molecule has 1 aromatic rings. The Bertz CT molecular complexity index is 518. The molecule has 1 aliphatic heterocycles. The molecular formula is C16H25BrClN3O. The maximum absolute atomic E-state index is 12.2. The average molecular weight is 391 g/mol. The summed E-state index contributed by atoms with van der Waals surface area (Å²) < 4.78 is 1.02. The van der Waals surface area contributed by atoms with E-state index >= 15 is 0 Å². The van der Waals surface area contributed by atoms with Crippen LogP contribution in [0.1, 0.15) is 18.9 Å². The molecule has 2 N–H and O–H groups in total. The number of rotatable bonds is 5. The van der Waals surface area contributed by atoms with E-state index in [9.17, 15) is 4.79 Å². The van der Waals surface area contributed by atoms with Crippen LogP contribution in [0, 0.1) is 12.3 Å². The topological polar surface area (TPSA) is 44.4 Å². The van der Waals surface area contributed by atoms with E-state index in [1.165, 1.54) is 6.42 Å². The first-order valence-corrected chi connectivity index (χ1v) is 8.13. The molecule has 1 atom stereocenters. The van der Waals surface area contributed by atoms with Crippen LogP contribution in [0.2, 0.25) is 0 Å². The van der Waals surface area contributed by atoms with E-state index in [4.69, 9.17) is 0 Å². The Morgan fingerprint density at radius 3 is 2.82 bits per heavy atom. The zero-order chi connectivity index (χ0) is 15.5. The van der Waals surface area contributed by atoms with Gasteiger partial charge in [0.05, 0.1) is 6.54 Å². The molecule has 124 valence electrons. The molecule has 1 heterocycles. The van der Waals surface area contributed by atoms with Gasteiger partial charge in [-0.1, -0.05) is 22.9 Å². The molecule has 0 bridgehead atoms. The molecule has 1 aliphatic rings. The molecule has 1 fully saturated rings. The Morgan fingerprint density at radius 2 is 2.23 bits per heavy atom. The number of aryl methyl sites for hydroxylation is 1. The van der Waals surface area contributed by atoms with Crippen LogP contribution in [0.25, 0.3) is 0 Å². The van der Waals surface area contributed by atoms with Gasteiger partial charge in [-0.05, 0) is 56.1 Å². The van der Waals surface area contributed by atoms with Gasteiger partial charge in [-0.25, -0.2) is 0 Å². The fourth-order valence-corrected chi connectivity index (χ4v) is 3.39. The number of amides is 1. The van der Waals surface area contributed by atoms with E-state index in [-0.39, 0.29) is 23.7 Å². The molecule has 1 amide bonds. The van der Waals surface area contributed by atoms with Gasteiger partial charge in [-0.15, -0.1) is 12.4 Å². The van der Waals surface area contributed by atoms with Crippen LogP contribution < -0.4 is 10.6 Å². The molecule has 1 unspecified atom stereocenters. The number of halogens is 2. The molecule has 4 nitrogen and oxygen atoms in total. The van der Waals surface area contributed by atoms with Crippen molar-refractivity contribution in [3.05, 3.63) is 28.2 Å².